The summed E-state index contributed by atoms with van der Waals surface area (Å²) in [6.07, 6.45) is -1.88. The molecule has 13 heteroatoms. The van der Waals surface area contributed by atoms with E-state index in [9.17, 15) is 28.1 Å². The number of hydrogen-bond acceptors (Lipinski definition) is 7. The number of nitrogens with zero attached hydrogens (tertiary/aromatic N) is 3. The standard InChI is InChI=1S/C22H15F3N4O6/c1-11-7-19-27-21(30)14(20(26)28(19)35-11)8-12-3-5-17(18(9-12)33-2)34-16-6-4-13(22(23,24)25)10-15(16)29(31)32/h3-10,26H,1-2H3/b14-8+,26-20?. The van der Waals surface area contributed by atoms with E-state index in [-0.39, 0.29) is 28.7 Å². The average molecular weight is 488 g/mol. The molecule has 180 valence electrons. The summed E-state index contributed by atoms with van der Waals surface area (Å²) in [7, 11) is 1.29. The Morgan fingerprint density at radius 1 is 1.17 bits per heavy atom. The van der Waals surface area contributed by atoms with Crippen LogP contribution in [0.1, 0.15) is 18.1 Å². The highest BCUT2D eigenvalue weighted by atomic mass is 19.4. The van der Waals surface area contributed by atoms with Crippen LogP contribution < -0.4 is 9.47 Å². The Kier molecular flexibility index (Phi) is 5.76. The van der Waals surface area contributed by atoms with E-state index >= 15 is 0 Å². The molecule has 0 unspecified atom stereocenters. The minimum Gasteiger partial charge on any atom is -0.493 e. The van der Waals surface area contributed by atoms with Gasteiger partial charge in [0.05, 0.1) is 23.2 Å². The molecule has 4 rings (SSSR count). The van der Waals surface area contributed by atoms with Crippen LogP contribution in [-0.4, -0.2) is 34.7 Å². The van der Waals surface area contributed by atoms with Crippen molar-refractivity contribution >= 4 is 29.3 Å². The number of halogens is 3. The maximum atomic E-state index is 12.9. The van der Waals surface area contributed by atoms with Gasteiger partial charge >= 0.3 is 11.9 Å². The largest absolute Gasteiger partial charge is 0.493 e. The molecule has 1 N–H and O–H groups in total. The van der Waals surface area contributed by atoms with Crippen molar-refractivity contribution in [3.63, 3.8) is 0 Å². The van der Waals surface area contributed by atoms with Gasteiger partial charge in [-0.1, -0.05) is 6.07 Å². The van der Waals surface area contributed by atoms with Crippen molar-refractivity contribution in [2.75, 3.05) is 7.11 Å². The van der Waals surface area contributed by atoms with Crippen LogP contribution in [-0.2, 0) is 15.8 Å². The fraction of sp³-hybridized carbons (Fsp3) is 0.136. The van der Waals surface area contributed by atoms with Crippen LogP contribution in [0.2, 0.25) is 0 Å². The summed E-state index contributed by atoms with van der Waals surface area (Å²) < 4.78 is 49.6. The lowest BCUT2D eigenvalue weighted by Crippen LogP contribution is -2.38. The van der Waals surface area contributed by atoms with Crippen molar-refractivity contribution in [3.8, 4) is 17.2 Å². The molecule has 0 aromatic heterocycles. The number of nitro benzene ring substituents is 1. The van der Waals surface area contributed by atoms with Crippen LogP contribution in [0.3, 0.4) is 0 Å². The molecule has 2 aliphatic rings. The number of carbonyl (C=O) groups excluding carboxylic acids is 1. The van der Waals surface area contributed by atoms with E-state index in [0.717, 1.165) is 11.1 Å². The van der Waals surface area contributed by atoms with E-state index in [0.29, 0.717) is 23.5 Å². The highest BCUT2D eigenvalue weighted by molar-refractivity contribution is 6.32. The Balaban J connectivity index is 1.65. The monoisotopic (exact) mass is 488 g/mol. The number of methoxy groups -OCH3 is 1. The number of benzene rings is 2. The number of aliphatic imine (C=N–C) groups is 1. The highest BCUT2D eigenvalue weighted by Crippen LogP contribution is 2.40. The molecule has 10 nitrogen and oxygen atoms in total. The Morgan fingerprint density at radius 3 is 2.54 bits per heavy atom. The number of fused-ring (bicyclic) bond motifs is 1. The van der Waals surface area contributed by atoms with Gasteiger partial charge < -0.3 is 14.3 Å². The summed E-state index contributed by atoms with van der Waals surface area (Å²) in [5, 5.41) is 20.7. The summed E-state index contributed by atoms with van der Waals surface area (Å²) in [6.45, 7) is 1.65. The maximum Gasteiger partial charge on any atom is 0.416 e. The number of nitro groups is 1. The Labute approximate surface area is 195 Å². The number of ether oxygens (including phenoxy) is 2. The van der Waals surface area contributed by atoms with Crippen molar-refractivity contribution in [1.82, 2.24) is 5.06 Å². The summed E-state index contributed by atoms with van der Waals surface area (Å²) in [5.41, 5.74) is -1.74. The van der Waals surface area contributed by atoms with Crippen LogP contribution in [0.4, 0.5) is 18.9 Å². The Bertz CT molecular complexity index is 1360. The number of alkyl halides is 3. The van der Waals surface area contributed by atoms with Gasteiger partial charge in [0, 0.05) is 12.1 Å². The molecule has 2 aliphatic heterocycles. The van der Waals surface area contributed by atoms with Crippen LogP contribution in [0.5, 0.6) is 17.2 Å². The highest BCUT2D eigenvalue weighted by Gasteiger charge is 2.35. The normalized spacial score (nSPS) is 16.5. The summed E-state index contributed by atoms with van der Waals surface area (Å²) >= 11 is 0. The predicted molar refractivity (Wildman–Crippen MR) is 116 cm³/mol. The zero-order valence-electron chi connectivity index (χ0n) is 18.0. The van der Waals surface area contributed by atoms with E-state index in [4.69, 9.17) is 19.7 Å². The number of amides is 1. The van der Waals surface area contributed by atoms with Gasteiger partial charge in [-0.2, -0.15) is 18.2 Å². The number of rotatable bonds is 5. The molecule has 0 spiro atoms. The molecule has 1 amide bonds. The summed E-state index contributed by atoms with van der Waals surface area (Å²) in [4.78, 5) is 32.0. The minimum absolute atomic E-state index is 0.0226. The van der Waals surface area contributed by atoms with E-state index in [1.54, 1.807) is 6.92 Å². The van der Waals surface area contributed by atoms with Crippen LogP contribution >= 0.6 is 0 Å². The zero-order chi connectivity index (χ0) is 25.5. The average Bonchev–Trinajstić information content (AvgIpc) is 3.17. The van der Waals surface area contributed by atoms with Gasteiger partial charge in [-0.3, -0.25) is 20.3 Å². The number of allylic oxidation sites excluding steroid dienone is 1. The fourth-order valence-corrected chi connectivity index (χ4v) is 3.27. The van der Waals surface area contributed by atoms with Crippen molar-refractivity contribution in [2.45, 2.75) is 13.1 Å². The van der Waals surface area contributed by atoms with Crippen molar-refractivity contribution in [2.24, 2.45) is 4.99 Å². The van der Waals surface area contributed by atoms with Crippen LogP contribution in [0.25, 0.3) is 6.08 Å². The molecule has 35 heavy (non-hydrogen) atoms. The number of carbonyl (C=O) groups is 1. The minimum atomic E-state index is -4.76. The van der Waals surface area contributed by atoms with Gasteiger partial charge in [0.25, 0.3) is 5.91 Å². The third kappa shape index (κ3) is 4.55. The van der Waals surface area contributed by atoms with Gasteiger partial charge in [-0.05, 0) is 42.8 Å². The number of hydroxylamine groups is 2. The van der Waals surface area contributed by atoms with E-state index in [1.807, 2.05) is 0 Å². The molecule has 0 fully saturated rings. The van der Waals surface area contributed by atoms with Gasteiger partial charge in [0.15, 0.2) is 23.2 Å². The molecule has 2 aromatic carbocycles. The smallest absolute Gasteiger partial charge is 0.416 e. The molecule has 0 radical (unpaired) electrons. The molecule has 0 saturated heterocycles. The molecular weight excluding hydrogens is 473 g/mol. The molecule has 0 bridgehead atoms. The molecule has 2 aromatic rings. The predicted octanol–water partition coefficient (Wildman–Crippen LogP) is 4.86. The quantitative estimate of drug-likeness (QED) is 0.362. The fourth-order valence-electron chi connectivity index (χ4n) is 3.27. The molecule has 2 heterocycles. The number of amidine groups is 2. The lowest BCUT2D eigenvalue weighted by Gasteiger charge is -2.23. The second-order valence-electron chi connectivity index (χ2n) is 7.27. The van der Waals surface area contributed by atoms with Crippen molar-refractivity contribution in [3.05, 3.63) is 75.0 Å². The van der Waals surface area contributed by atoms with Crippen LogP contribution in [0, 0.1) is 15.5 Å². The van der Waals surface area contributed by atoms with E-state index in [1.165, 1.54) is 37.5 Å². The summed E-state index contributed by atoms with van der Waals surface area (Å²) in [5.74, 6) is -0.610. The lowest BCUT2D eigenvalue weighted by molar-refractivity contribution is -0.385. The van der Waals surface area contributed by atoms with Crippen molar-refractivity contribution < 1.29 is 37.2 Å². The lowest BCUT2D eigenvalue weighted by atomic mass is 10.1. The molecule has 0 aliphatic carbocycles. The third-order valence-electron chi connectivity index (χ3n) is 4.88. The number of hydrogen-bond donors (Lipinski definition) is 1. The molecular formula is C22H15F3N4O6. The topological polar surface area (TPSA) is 127 Å². The second-order valence-corrected chi connectivity index (χ2v) is 7.27. The first-order valence-electron chi connectivity index (χ1n) is 9.79. The first-order chi connectivity index (χ1) is 16.5. The Morgan fingerprint density at radius 2 is 1.89 bits per heavy atom. The number of nitrogens with one attached hydrogen (secondary N) is 1. The zero-order valence-corrected chi connectivity index (χ0v) is 18.0. The van der Waals surface area contributed by atoms with Crippen molar-refractivity contribution in [1.29, 1.82) is 5.41 Å². The van der Waals surface area contributed by atoms with Crippen LogP contribution in [0.15, 0.2) is 58.8 Å². The summed E-state index contributed by atoms with van der Waals surface area (Å²) in [6, 6.07) is 6.14. The van der Waals surface area contributed by atoms with Gasteiger partial charge in [0.2, 0.25) is 5.75 Å². The maximum absolute atomic E-state index is 12.9. The van der Waals surface area contributed by atoms with Gasteiger partial charge in [-0.25, -0.2) is 0 Å². The molecule has 0 saturated carbocycles. The SMILES string of the molecule is COc1cc(/C=C2\C(=N)N3OC(C)=CC3=NC2=O)ccc1Oc1ccc(C(F)(F)F)cc1[N+](=O)[O-]. The van der Waals surface area contributed by atoms with E-state index < -0.39 is 34.0 Å². The first kappa shape index (κ1) is 23.5. The molecule has 0 atom stereocenters. The van der Waals surface area contributed by atoms with Gasteiger partial charge in [0.1, 0.15) is 5.76 Å². The Hall–Kier alpha value is -4.68. The second kappa shape index (κ2) is 8.59. The van der Waals surface area contributed by atoms with Gasteiger partial charge in [-0.15, -0.1) is 5.06 Å². The van der Waals surface area contributed by atoms with E-state index in [2.05, 4.69) is 4.99 Å². The first-order valence-corrected chi connectivity index (χ1v) is 9.79. The third-order valence-corrected chi connectivity index (χ3v) is 4.88.